The van der Waals surface area contributed by atoms with E-state index in [2.05, 4.69) is 0 Å². The maximum atomic E-state index is 8.64. The highest BCUT2D eigenvalue weighted by Gasteiger charge is 2.22. The van der Waals surface area contributed by atoms with E-state index in [1.165, 1.54) is 0 Å². The van der Waals surface area contributed by atoms with E-state index in [4.69, 9.17) is 10.8 Å². The number of thioether (sulfide) groups is 1. The Balaban J connectivity index is 2.30. The summed E-state index contributed by atoms with van der Waals surface area (Å²) in [5.41, 5.74) is 5.61. The van der Waals surface area contributed by atoms with Gasteiger partial charge in [0, 0.05) is 24.3 Å². The first-order valence-corrected chi connectivity index (χ1v) is 3.94. The van der Waals surface area contributed by atoms with Crippen molar-refractivity contribution in [2.75, 3.05) is 18.1 Å². The van der Waals surface area contributed by atoms with Crippen LogP contribution in [-0.2, 0) is 0 Å². The Morgan fingerprint density at radius 3 is 2.62 bits per heavy atom. The van der Waals surface area contributed by atoms with Gasteiger partial charge >= 0.3 is 0 Å². The van der Waals surface area contributed by atoms with Crippen molar-refractivity contribution in [2.24, 2.45) is 11.7 Å². The fourth-order valence-corrected chi connectivity index (χ4v) is 2.14. The molecule has 0 saturated carbocycles. The molecule has 0 bridgehead atoms. The monoisotopic (exact) mass is 133 g/mol. The van der Waals surface area contributed by atoms with Crippen LogP contribution < -0.4 is 5.73 Å². The molecule has 0 aromatic carbocycles. The SMILES string of the molecule is NC1CSCC1CO. The summed E-state index contributed by atoms with van der Waals surface area (Å²) in [7, 11) is 0. The fourth-order valence-electron chi connectivity index (χ4n) is 0.803. The van der Waals surface area contributed by atoms with Crippen LogP contribution in [0, 0.1) is 5.92 Å². The molecule has 2 atom stereocenters. The molecule has 2 nitrogen and oxygen atoms in total. The fraction of sp³-hybridized carbons (Fsp3) is 1.00. The summed E-state index contributed by atoms with van der Waals surface area (Å²) in [6, 6.07) is 0.241. The second-order valence-electron chi connectivity index (χ2n) is 2.14. The number of aliphatic hydroxyl groups is 1. The lowest BCUT2D eigenvalue weighted by Gasteiger charge is -2.08. The van der Waals surface area contributed by atoms with Crippen LogP contribution in [0.15, 0.2) is 0 Å². The molecule has 48 valence electrons. The molecule has 1 aliphatic rings. The first kappa shape index (κ1) is 6.39. The van der Waals surface area contributed by atoms with E-state index in [1.54, 1.807) is 0 Å². The molecule has 1 rings (SSSR count). The first-order valence-electron chi connectivity index (χ1n) is 2.78. The van der Waals surface area contributed by atoms with E-state index < -0.39 is 0 Å². The van der Waals surface area contributed by atoms with Gasteiger partial charge in [0.1, 0.15) is 0 Å². The maximum absolute atomic E-state index is 8.64. The zero-order chi connectivity index (χ0) is 5.98. The quantitative estimate of drug-likeness (QED) is 0.515. The Morgan fingerprint density at radius 2 is 2.38 bits per heavy atom. The molecule has 1 aliphatic heterocycles. The summed E-state index contributed by atoms with van der Waals surface area (Å²) in [6.45, 7) is 0.258. The van der Waals surface area contributed by atoms with E-state index in [-0.39, 0.29) is 12.6 Å². The Labute approximate surface area is 53.5 Å². The highest BCUT2D eigenvalue weighted by Crippen LogP contribution is 2.21. The number of aliphatic hydroxyl groups excluding tert-OH is 1. The minimum absolute atomic E-state index is 0.241. The number of hydrogen-bond acceptors (Lipinski definition) is 3. The van der Waals surface area contributed by atoms with Crippen LogP contribution in [-0.4, -0.2) is 29.3 Å². The minimum Gasteiger partial charge on any atom is -0.396 e. The standard InChI is InChI=1S/C5H11NOS/c6-5-3-8-2-4(5)1-7/h4-5,7H,1-3,6H2. The van der Waals surface area contributed by atoms with Gasteiger partial charge in [-0.3, -0.25) is 0 Å². The normalized spacial score (nSPS) is 38.2. The minimum atomic E-state index is 0.241. The van der Waals surface area contributed by atoms with Crippen molar-refractivity contribution in [2.45, 2.75) is 6.04 Å². The molecule has 0 aromatic rings. The van der Waals surface area contributed by atoms with Crippen LogP contribution in [0.3, 0.4) is 0 Å². The molecule has 3 heteroatoms. The van der Waals surface area contributed by atoms with Crippen LogP contribution in [0.25, 0.3) is 0 Å². The molecule has 0 aromatic heterocycles. The highest BCUT2D eigenvalue weighted by atomic mass is 32.2. The van der Waals surface area contributed by atoms with Gasteiger partial charge in [0.15, 0.2) is 0 Å². The number of nitrogens with two attached hydrogens (primary N) is 1. The molecule has 0 aliphatic carbocycles. The molecular formula is C5H11NOS. The molecular weight excluding hydrogens is 122 g/mol. The number of rotatable bonds is 1. The van der Waals surface area contributed by atoms with E-state index in [9.17, 15) is 0 Å². The van der Waals surface area contributed by atoms with E-state index in [1.807, 2.05) is 11.8 Å². The van der Waals surface area contributed by atoms with Crippen molar-refractivity contribution < 1.29 is 5.11 Å². The molecule has 1 heterocycles. The maximum Gasteiger partial charge on any atom is 0.0482 e. The molecule has 8 heavy (non-hydrogen) atoms. The summed E-state index contributed by atoms with van der Waals surface area (Å²) in [5.74, 6) is 2.42. The van der Waals surface area contributed by atoms with Gasteiger partial charge in [-0.15, -0.1) is 0 Å². The Kier molecular flexibility index (Phi) is 2.16. The topological polar surface area (TPSA) is 46.2 Å². The van der Waals surface area contributed by atoms with Gasteiger partial charge in [-0.25, -0.2) is 0 Å². The van der Waals surface area contributed by atoms with E-state index in [0.29, 0.717) is 5.92 Å². The first-order chi connectivity index (χ1) is 3.84. The lowest BCUT2D eigenvalue weighted by molar-refractivity contribution is 0.229. The molecule has 3 N–H and O–H groups in total. The predicted octanol–water partition coefficient (Wildman–Crippen LogP) is -0.331. The average molecular weight is 133 g/mol. The van der Waals surface area contributed by atoms with Crippen molar-refractivity contribution in [1.82, 2.24) is 0 Å². The predicted molar refractivity (Wildman–Crippen MR) is 35.9 cm³/mol. The molecule has 1 fully saturated rings. The lowest BCUT2D eigenvalue weighted by Crippen LogP contribution is -2.30. The van der Waals surface area contributed by atoms with Crippen LogP contribution in [0.1, 0.15) is 0 Å². The van der Waals surface area contributed by atoms with Gasteiger partial charge in [-0.05, 0) is 5.75 Å². The summed E-state index contributed by atoms with van der Waals surface area (Å²) in [4.78, 5) is 0. The summed E-state index contributed by atoms with van der Waals surface area (Å²) in [5, 5.41) is 8.64. The molecule has 1 saturated heterocycles. The summed E-state index contributed by atoms with van der Waals surface area (Å²) < 4.78 is 0. The van der Waals surface area contributed by atoms with Gasteiger partial charge in [-0.2, -0.15) is 11.8 Å². The summed E-state index contributed by atoms with van der Waals surface area (Å²) >= 11 is 1.83. The highest BCUT2D eigenvalue weighted by molar-refractivity contribution is 7.99. The van der Waals surface area contributed by atoms with E-state index in [0.717, 1.165) is 11.5 Å². The summed E-state index contributed by atoms with van der Waals surface area (Å²) in [6.07, 6.45) is 0. The van der Waals surface area contributed by atoms with Crippen molar-refractivity contribution >= 4 is 11.8 Å². The third-order valence-electron chi connectivity index (χ3n) is 1.48. The van der Waals surface area contributed by atoms with Crippen molar-refractivity contribution in [3.63, 3.8) is 0 Å². The number of hydrogen-bond donors (Lipinski definition) is 2. The van der Waals surface area contributed by atoms with E-state index >= 15 is 0 Å². The smallest absolute Gasteiger partial charge is 0.0482 e. The van der Waals surface area contributed by atoms with Crippen LogP contribution >= 0.6 is 11.8 Å². The largest absolute Gasteiger partial charge is 0.396 e. The van der Waals surface area contributed by atoms with Gasteiger partial charge in [0.05, 0.1) is 0 Å². The van der Waals surface area contributed by atoms with Crippen molar-refractivity contribution in [3.8, 4) is 0 Å². The van der Waals surface area contributed by atoms with Gasteiger partial charge in [-0.1, -0.05) is 0 Å². The molecule has 0 radical (unpaired) electrons. The molecule has 2 unspecified atom stereocenters. The Hall–Kier alpha value is 0.270. The average Bonchev–Trinajstić information content (AvgIpc) is 2.14. The Morgan fingerprint density at radius 1 is 1.62 bits per heavy atom. The van der Waals surface area contributed by atoms with Crippen LogP contribution in [0.5, 0.6) is 0 Å². The van der Waals surface area contributed by atoms with Gasteiger partial charge in [0.2, 0.25) is 0 Å². The van der Waals surface area contributed by atoms with Crippen LogP contribution in [0.4, 0.5) is 0 Å². The molecule has 0 amide bonds. The second kappa shape index (κ2) is 2.71. The lowest BCUT2D eigenvalue weighted by atomic mass is 10.1. The van der Waals surface area contributed by atoms with Crippen molar-refractivity contribution in [3.05, 3.63) is 0 Å². The van der Waals surface area contributed by atoms with Gasteiger partial charge in [0.25, 0.3) is 0 Å². The second-order valence-corrected chi connectivity index (χ2v) is 3.22. The van der Waals surface area contributed by atoms with Crippen molar-refractivity contribution in [1.29, 1.82) is 0 Å². The van der Waals surface area contributed by atoms with Gasteiger partial charge < -0.3 is 10.8 Å². The zero-order valence-electron chi connectivity index (χ0n) is 4.71. The molecule has 0 spiro atoms. The zero-order valence-corrected chi connectivity index (χ0v) is 5.53. The van der Waals surface area contributed by atoms with Crippen LogP contribution in [0.2, 0.25) is 0 Å². The Bertz CT molecular complexity index is 78.8. The third-order valence-corrected chi connectivity index (χ3v) is 2.77. The third kappa shape index (κ3) is 1.16.